The topological polar surface area (TPSA) is 12.5 Å². The van der Waals surface area contributed by atoms with Crippen LogP contribution in [0.15, 0.2) is 0 Å². The third-order valence-corrected chi connectivity index (χ3v) is 2.22. The molecule has 1 unspecified atom stereocenters. The van der Waals surface area contributed by atoms with E-state index in [2.05, 4.69) is 32.7 Å². The van der Waals surface area contributed by atoms with Crippen LogP contribution in [0, 0.1) is 5.92 Å². The lowest BCUT2D eigenvalue weighted by atomic mass is 10.1. The van der Waals surface area contributed by atoms with Crippen LogP contribution in [0.25, 0.3) is 0 Å². The van der Waals surface area contributed by atoms with Crippen molar-refractivity contribution >= 4 is 0 Å². The fourth-order valence-electron chi connectivity index (χ4n) is 1.05. The molecule has 0 aromatic rings. The van der Waals surface area contributed by atoms with Crippen LogP contribution in [0.5, 0.6) is 0 Å². The Balaban J connectivity index is 3.49. The second-order valence-corrected chi connectivity index (χ2v) is 3.97. The van der Waals surface area contributed by atoms with Crippen molar-refractivity contribution in [3.8, 4) is 0 Å². The Bertz CT molecular complexity index is 104. The van der Waals surface area contributed by atoms with E-state index in [1.807, 2.05) is 0 Å². The molecule has 0 rings (SSSR count). The molecule has 0 saturated heterocycles. The van der Waals surface area contributed by atoms with Gasteiger partial charge in [-0.15, -0.1) is 0 Å². The maximum atomic E-state index is 5.09. The first-order valence-corrected chi connectivity index (χ1v) is 4.77. The first-order valence-electron chi connectivity index (χ1n) is 4.77. The Labute approximate surface area is 76.9 Å². The van der Waals surface area contributed by atoms with E-state index in [9.17, 15) is 0 Å². The summed E-state index contributed by atoms with van der Waals surface area (Å²) >= 11 is 0. The number of hydrogen-bond acceptors (Lipinski definition) is 2. The van der Waals surface area contributed by atoms with Gasteiger partial charge in [-0.1, -0.05) is 13.8 Å². The Morgan fingerprint density at radius 1 is 1.25 bits per heavy atom. The van der Waals surface area contributed by atoms with Crippen molar-refractivity contribution in [2.24, 2.45) is 5.92 Å². The molecule has 2 nitrogen and oxygen atoms in total. The summed E-state index contributed by atoms with van der Waals surface area (Å²) < 4.78 is 5.09. The van der Waals surface area contributed by atoms with Crippen LogP contribution in [0.3, 0.4) is 0 Å². The Morgan fingerprint density at radius 3 is 2.25 bits per heavy atom. The summed E-state index contributed by atoms with van der Waals surface area (Å²) in [6, 6.07) is 0.536. The quantitative estimate of drug-likeness (QED) is 0.609. The van der Waals surface area contributed by atoms with E-state index in [1.165, 1.54) is 13.0 Å². The summed E-state index contributed by atoms with van der Waals surface area (Å²) in [4.78, 5) is 2.35. The van der Waals surface area contributed by atoms with Gasteiger partial charge in [0, 0.05) is 13.2 Å². The monoisotopic (exact) mass is 173 g/mol. The molecule has 0 aliphatic carbocycles. The standard InChI is InChI=1S/C10H23NO/c1-9(2)6-7-11(4)10(3)8-12-5/h9-10H,6-8H2,1-5H3. The van der Waals surface area contributed by atoms with Crippen LogP contribution in [-0.2, 0) is 4.74 Å². The Hall–Kier alpha value is -0.0800. The van der Waals surface area contributed by atoms with Gasteiger partial charge in [0.2, 0.25) is 0 Å². The van der Waals surface area contributed by atoms with Crippen LogP contribution in [0.1, 0.15) is 27.2 Å². The molecular weight excluding hydrogens is 150 g/mol. The highest BCUT2D eigenvalue weighted by molar-refractivity contribution is 4.62. The molecule has 0 aromatic carbocycles. The van der Waals surface area contributed by atoms with Crippen LogP contribution in [-0.4, -0.2) is 38.3 Å². The van der Waals surface area contributed by atoms with E-state index in [4.69, 9.17) is 4.74 Å². The van der Waals surface area contributed by atoms with Gasteiger partial charge < -0.3 is 9.64 Å². The maximum Gasteiger partial charge on any atom is 0.0615 e. The average molecular weight is 173 g/mol. The van der Waals surface area contributed by atoms with Gasteiger partial charge in [-0.2, -0.15) is 0 Å². The van der Waals surface area contributed by atoms with E-state index in [0.717, 1.165) is 12.5 Å². The minimum Gasteiger partial charge on any atom is -0.383 e. The Kier molecular flexibility index (Phi) is 6.39. The number of hydrogen-bond donors (Lipinski definition) is 0. The highest BCUT2D eigenvalue weighted by Crippen LogP contribution is 2.03. The lowest BCUT2D eigenvalue weighted by molar-refractivity contribution is 0.113. The van der Waals surface area contributed by atoms with E-state index in [-0.39, 0.29) is 0 Å². The summed E-state index contributed by atoms with van der Waals surface area (Å²) in [5.74, 6) is 0.794. The molecule has 0 N–H and O–H groups in total. The Morgan fingerprint density at radius 2 is 1.83 bits per heavy atom. The van der Waals surface area contributed by atoms with Gasteiger partial charge in [0.25, 0.3) is 0 Å². The summed E-state index contributed by atoms with van der Waals surface area (Å²) in [5, 5.41) is 0. The smallest absolute Gasteiger partial charge is 0.0615 e. The van der Waals surface area contributed by atoms with E-state index >= 15 is 0 Å². The first-order chi connectivity index (χ1) is 5.57. The zero-order valence-electron chi connectivity index (χ0n) is 9.13. The number of rotatable bonds is 6. The third-order valence-electron chi connectivity index (χ3n) is 2.22. The molecule has 0 saturated carbocycles. The highest BCUT2D eigenvalue weighted by atomic mass is 16.5. The molecule has 74 valence electrons. The largest absolute Gasteiger partial charge is 0.383 e. The normalized spacial score (nSPS) is 14.2. The van der Waals surface area contributed by atoms with Crippen molar-refractivity contribution < 1.29 is 4.74 Å². The van der Waals surface area contributed by atoms with Crippen molar-refractivity contribution in [2.75, 3.05) is 27.3 Å². The van der Waals surface area contributed by atoms with Crippen molar-refractivity contribution in [3.63, 3.8) is 0 Å². The number of nitrogens with zero attached hydrogens (tertiary/aromatic N) is 1. The maximum absolute atomic E-state index is 5.09. The lowest BCUT2D eigenvalue weighted by Gasteiger charge is -2.24. The van der Waals surface area contributed by atoms with Crippen molar-refractivity contribution in [3.05, 3.63) is 0 Å². The molecular formula is C10H23NO. The van der Waals surface area contributed by atoms with Gasteiger partial charge in [-0.25, -0.2) is 0 Å². The second kappa shape index (κ2) is 6.44. The molecule has 0 aromatic heterocycles. The van der Waals surface area contributed by atoms with Gasteiger partial charge in [-0.3, -0.25) is 0 Å². The second-order valence-electron chi connectivity index (χ2n) is 3.97. The van der Waals surface area contributed by atoms with Crippen molar-refractivity contribution in [1.82, 2.24) is 4.90 Å². The summed E-state index contributed by atoms with van der Waals surface area (Å²) in [6.45, 7) is 8.71. The number of likely N-dealkylation sites (N-methyl/N-ethyl adjacent to an activating group) is 1. The molecule has 2 heteroatoms. The molecule has 12 heavy (non-hydrogen) atoms. The SMILES string of the molecule is COCC(C)N(C)CCC(C)C. The van der Waals surface area contributed by atoms with E-state index < -0.39 is 0 Å². The average Bonchev–Trinajstić information content (AvgIpc) is 2.00. The fourth-order valence-corrected chi connectivity index (χ4v) is 1.05. The number of methoxy groups -OCH3 is 1. The van der Waals surface area contributed by atoms with Gasteiger partial charge in [-0.05, 0) is 32.9 Å². The molecule has 0 aliphatic rings. The molecule has 0 fully saturated rings. The number of ether oxygens (including phenoxy) is 1. The minimum absolute atomic E-state index is 0.536. The van der Waals surface area contributed by atoms with Crippen LogP contribution in [0.4, 0.5) is 0 Å². The molecule has 1 atom stereocenters. The first kappa shape index (κ1) is 11.9. The lowest BCUT2D eigenvalue weighted by Crippen LogP contribution is -2.33. The molecule has 0 aliphatic heterocycles. The highest BCUT2D eigenvalue weighted by Gasteiger charge is 2.08. The van der Waals surface area contributed by atoms with Crippen molar-refractivity contribution in [1.29, 1.82) is 0 Å². The molecule has 0 amide bonds. The van der Waals surface area contributed by atoms with Gasteiger partial charge >= 0.3 is 0 Å². The summed E-state index contributed by atoms with van der Waals surface area (Å²) in [7, 11) is 3.92. The molecule has 0 heterocycles. The van der Waals surface area contributed by atoms with E-state index in [0.29, 0.717) is 6.04 Å². The predicted molar refractivity (Wildman–Crippen MR) is 53.4 cm³/mol. The van der Waals surface area contributed by atoms with E-state index in [1.54, 1.807) is 7.11 Å². The van der Waals surface area contributed by atoms with Crippen LogP contribution in [0.2, 0.25) is 0 Å². The molecule has 0 radical (unpaired) electrons. The van der Waals surface area contributed by atoms with Crippen molar-refractivity contribution in [2.45, 2.75) is 33.2 Å². The summed E-state index contributed by atoms with van der Waals surface area (Å²) in [5.41, 5.74) is 0. The molecule has 0 bridgehead atoms. The minimum atomic E-state index is 0.536. The summed E-state index contributed by atoms with van der Waals surface area (Å²) in [6.07, 6.45) is 1.27. The molecule has 0 spiro atoms. The predicted octanol–water partition coefficient (Wildman–Crippen LogP) is 2.00. The third kappa shape index (κ3) is 5.56. The van der Waals surface area contributed by atoms with Gasteiger partial charge in [0.15, 0.2) is 0 Å². The zero-order chi connectivity index (χ0) is 9.56. The van der Waals surface area contributed by atoms with Crippen LogP contribution < -0.4 is 0 Å². The zero-order valence-corrected chi connectivity index (χ0v) is 9.13. The van der Waals surface area contributed by atoms with Gasteiger partial charge in [0.05, 0.1) is 6.61 Å². The van der Waals surface area contributed by atoms with Gasteiger partial charge in [0.1, 0.15) is 0 Å². The fraction of sp³-hybridized carbons (Fsp3) is 1.00. The van der Waals surface area contributed by atoms with Crippen LogP contribution >= 0.6 is 0 Å².